The van der Waals surface area contributed by atoms with Gasteiger partial charge >= 0.3 is 6.03 Å². The highest BCUT2D eigenvalue weighted by Gasteiger charge is 2.17. The van der Waals surface area contributed by atoms with Gasteiger partial charge in [-0.3, -0.25) is 10.2 Å². The highest BCUT2D eigenvalue weighted by Crippen LogP contribution is 2.32. The average molecular weight is 394 g/mol. The van der Waals surface area contributed by atoms with Crippen LogP contribution in [0, 0.1) is 11.6 Å². The van der Waals surface area contributed by atoms with E-state index < -0.39 is 17.7 Å². The molecule has 0 atom stereocenters. The molecule has 0 saturated carbocycles. The van der Waals surface area contributed by atoms with Crippen molar-refractivity contribution in [3.8, 4) is 16.8 Å². The quantitative estimate of drug-likeness (QED) is 0.525. The number of nitrogens with zero attached hydrogens (tertiary/aromatic N) is 4. The molecule has 2 amide bonds. The molecule has 10 heteroatoms. The first-order chi connectivity index (χ1) is 12.9. The molecule has 0 aliphatic carbocycles. The van der Waals surface area contributed by atoms with Gasteiger partial charge in [0.15, 0.2) is 5.82 Å². The standard InChI is InChI=1S/C17H14ClF2N5O2/c1-24(27)17(26)22-9-15-13(19)5-10(8-21-15)12-6-11(18)7-14(20)16(12)25-4-2-3-23-25/h2-8,27H,9H2,1H3,(H,22,26). The van der Waals surface area contributed by atoms with Crippen molar-refractivity contribution in [3.63, 3.8) is 0 Å². The predicted octanol–water partition coefficient (Wildman–Crippen LogP) is 3.40. The van der Waals surface area contributed by atoms with Crippen LogP contribution < -0.4 is 5.32 Å². The van der Waals surface area contributed by atoms with Crippen LogP contribution in [-0.2, 0) is 6.54 Å². The van der Waals surface area contributed by atoms with E-state index in [1.54, 1.807) is 12.3 Å². The second-order valence-electron chi connectivity index (χ2n) is 5.57. The number of halogens is 3. The number of rotatable bonds is 4. The molecule has 3 rings (SSSR count). The summed E-state index contributed by atoms with van der Waals surface area (Å²) in [4.78, 5) is 15.3. The fourth-order valence-corrected chi connectivity index (χ4v) is 2.64. The average Bonchev–Trinajstić information content (AvgIpc) is 3.13. The van der Waals surface area contributed by atoms with Gasteiger partial charge in [-0.1, -0.05) is 11.6 Å². The monoisotopic (exact) mass is 393 g/mol. The van der Waals surface area contributed by atoms with Crippen molar-refractivity contribution in [2.75, 3.05) is 7.05 Å². The number of hydroxylamine groups is 2. The smallest absolute Gasteiger partial charge is 0.330 e. The first kappa shape index (κ1) is 18.7. The number of nitrogens with one attached hydrogen (secondary N) is 1. The van der Waals surface area contributed by atoms with Gasteiger partial charge in [0.05, 0.1) is 12.2 Å². The molecule has 2 heterocycles. The summed E-state index contributed by atoms with van der Waals surface area (Å²) in [6.07, 6.45) is 4.38. The van der Waals surface area contributed by atoms with E-state index in [-0.39, 0.29) is 28.5 Å². The summed E-state index contributed by atoms with van der Waals surface area (Å²) < 4.78 is 30.2. The molecule has 0 bridgehead atoms. The van der Waals surface area contributed by atoms with Crippen molar-refractivity contribution in [1.82, 2.24) is 25.1 Å². The first-order valence-electron chi connectivity index (χ1n) is 7.71. The van der Waals surface area contributed by atoms with Crippen LogP contribution in [0.15, 0.2) is 42.9 Å². The number of hydrogen-bond donors (Lipinski definition) is 2. The topological polar surface area (TPSA) is 83.3 Å². The summed E-state index contributed by atoms with van der Waals surface area (Å²) in [6.45, 7) is -0.230. The zero-order valence-corrected chi connectivity index (χ0v) is 14.8. The van der Waals surface area contributed by atoms with Crippen molar-refractivity contribution in [3.05, 3.63) is 65.2 Å². The zero-order valence-electron chi connectivity index (χ0n) is 14.0. The Labute approximate surface area is 157 Å². The third-order valence-electron chi connectivity index (χ3n) is 3.69. The zero-order chi connectivity index (χ0) is 19.6. The van der Waals surface area contributed by atoms with Gasteiger partial charge in [0.2, 0.25) is 0 Å². The van der Waals surface area contributed by atoms with Gasteiger partial charge in [-0.25, -0.2) is 23.3 Å². The fourth-order valence-electron chi connectivity index (χ4n) is 2.44. The molecule has 0 spiro atoms. The van der Waals surface area contributed by atoms with Crippen molar-refractivity contribution < 1.29 is 18.8 Å². The third kappa shape index (κ3) is 4.04. The number of carbonyl (C=O) groups excluding carboxylic acids is 1. The summed E-state index contributed by atoms with van der Waals surface area (Å²) in [5.74, 6) is -1.33. The van der Waals surface area contributed by atoms with Gasteiger partial charge in [-0.05, 0) is 24.3 Å². The Morgan fingerprint density at radius 3 is 2.74 bits per heavy atom. The van der Waals surface area contributed by atoms with Crippen LogP contribution in [-0.4, -0.2) is 38.1 Å². The number of urea groups is 1. The van der Waals surface area contributed by atoms with E-state index in [9.17, 15) is 13.6 Å². The van der Waals surface area contributed by atoms with Crippen molar-refractivity contribution in [1.29, 1.82) is 0 Å². The molecular formula is C17H14ClF2N5O2. The second-order valence-corrected chi connectivity index (χ2v) is 6.01. The molecule has 140 valence electrons. The summed E-state index contributed by atoms with van der Waals surface area (Å²) in [7, 11) is 1.13. The van der Waals surface area contributed by atoms with E-state index in [1.807, 2.05) is 0 Å². The van der Waals surface area contributed by atoms with E-state index >= 15 is 0 Å². The predicted molar refractivity (Wildman–Crippen MR) is 93.5 cm³/mol. The van der Waals surface area contributed by atoms with Crippen molar-refractivity contribution in [2.45, 2.75) is 6.54 Å². The first-order valence-corrected chi connectivity index (χ1v) is 8.09. The molecule has 0 fully saturated rings. The van der Waals surface area contributed by atoms with E-state index in [4.69, 9.17) is 16.8 Å². The summed E-state index contributed by atoms with van der Waals surface area (Å²) in [5.41, 5.74) is 0.653. The van der Waals surface area contributed by atoms with Crippen LogP contribution in [0.2, 0.25) is 5.02 Å². The normalized spacial score (nSPS) is 10.7. The van der Waals surface area contributed by atoms with E-state index in [1.165, 1.54) is 23.1 Å². The molecule has 0 unspecified atom stereocenters. The molecule has 0 radical (unpaired) electrons. The maximum absolute atomic E-state index is 14.5. The van der Waals surface area contributed by atoms with Crippen LogP contribution in [0.5, 0.6) is 0 Å². The van der Waals surface area contributed by atoms with Crippen LogP contribution in [0.4, 0.5) is 13.6 Å². The van der Waals surface area contributed by atoms with Gasteiger partial charge in [0.25, 0.3) is 0 Å². The summed E-state index contributed by atoms with van der Waals surface area (Å²) >= 11 is 5.96. The lowest BCUT2D eigenvalue weighted by molar-refractivity contribution is -0.0184. The Bertz CT molecular complexity index is 980. The fraction of sp³-hybridized carbons (Fsp3) is 0.118. The van der Waals surface area contributed by atoms with Crippen LogP contribution >= 0.6 is 11.6 Å². The lowest BCUT2D eigenvalue weighted by Gasteiger charge is -2.13. The van der Waals surface area contributed by atoms with Crippen LogP contribution in [0.1, 0.15) is 5.69 Å². The molecule has 7 nitrogen and oxygen atoms in total. The minimum Gasteiger partial charge on any atom is -0.330 e. The number of aromatic nitrogens is 3. The van der Waals surface area contributed by atoms with E-state index in [2.05, 4.69) is 15.4 Å². The van der Waals surface area contributed by atoms with Gasteiger partial charge in [-0.15, -0.1) is 0 Å². The number of hydrogen-bond acceptors (Lipinski definition) is 4. The summed E-state index contributed by atoms with van der Waals surface area (Å²) in [6, 6.07) is 4.61. The minimum absolute atomic E-state index is 0.0444. The van der Waals surface area contributed by atoms with Crippen molar-refractivity contribution >= 4 is 17.6 Å². The maximum Gasteiger partial charge on any atom is 0.341 e. The highest BCUT2D eigenvalue weighted by molar-refractivity contribution is 6.31. The Hall–Kier alpha value is -3.04. The molecule has 27 heavy (non-hydrogen) atoms. The Morgan fingerprint density at radius 1 is 1.33 bits per heavy atom. The lowest BCUT2D eigenvalue weighted by atomic mass is 10.0. The van der Waals surface area contributed by atoms with Crippen molar-refractivity contribution in [2.24, 2.45) is 0 Å². The van der Waals surface area contributed by atoms with Crippen LogP contribution in [0.25, 0.3) is 16.8 Å². The van der Waals surface area contributed by atoms with Gasteiger partial charge in [-0.2, -0.15) is 5.10 Å². The summed E-state index contributed by atoms with van der Waals surface area (Å²) in [5, 5.41) is 15.8. The molecule has 2 N–H and O–H groups in total. The molecule has 0 aliphatic heterocycles. The minimum atomic E-state index is -0.807. The van der Waals surface area contributed by atoms with E-state index in [0.717, 1.165) is 19.2 Å². The molecule has 2 aromatic heterocycles. The highest BCUT2D eigenvalue weighted by atomic mass is 35.5. The lowest BCUT2D eigenvalue weighted by Crippen LogP contribution is -2.34. The maximum atomic E-state index is 14.5. The number of pyridine rings is 1. The number of benzene rings is 1. The molecular weight excluding hydrogens is 380 g/mol. The van der Waals surface area contributed by atoms with Gasteiger partial charge < -0.3 is 5.32 Å². The Morgan fingerprint density at radius 2 is 2.11 bits per heavy atom. The van der Waals surface area contributed by atoms with Crippen LogP contribution in [0.3, 0.4) is 0 Å². The number of carbonyl (C=O) groups is 1. The largest absolute Gasteiger partial charge is 0.341 e. The third-order valence-corrected chi connectivity index (χ3v) is 3.91. The number of amides is 2. The van der Waals surface area contributed by atoms with E-state index in [0.29, 0.717) is 10.6 Å². The molecule has 0 aliphatic rings. The molecule has 3 aromatic rings. The molecule has 0 saturated heterocycles. The second kappa shape index (κ2) is 7.68. The molecule has 1 aromatic carbocycles. The van der Waals surface area contributed by atoms with Gasteiger partial charge in [0, 0.05) is 41.8 Å². The Balaban J connectivity index is 1.98. The SMILES string of the molecule is CN(O)C(=O)NCc1ncc(-c2cc(Cl)cc(F)c2-n2cccn2)cc1F. The van der Waals surface area contributed by atoms with Gasteiger partial charge in [0.1, 0.15) is 11.5 Å². The Kier molecular flexibility index (Phi) is 5.33.